The highest BCUT2D eigenvalue weighted by Crippen LogP contribution is 2.33. The molecule has 2 aromatic heterocycles. The minimum Gasteiger partial charge on any atom is -0.371 e. The molecule has 29 heavy (non-hydrogen) atoms. The van der Waals surface area contributed by atoms with Gasteiger partial charge >= 0.3 is 0 Å². The molecule has 2 bridgehead atoms. The highest BCUT2D eigenvalue weighted by atomic mass is 16.5. The van der Waals surface area contributed by atoms with Crippen LogP contribution in [0.25, 0.3) is 10.8 Å². The third kappa shape index (κ3) is 3.15. The Labute approximate surface area is 169 Å². The summed E-state index contributed by atoms with van der Waals surface area (Å²) in [5.41, 5.74) is 3.61. The summed E-state index contributed by atoms with van der Waals surface area (Å²) in [6, 6.07) is 10.1. The number of morpholine rings is 1. The standard InChI is InChI=1S/C22H22N6O/c1-13-15(8-23)4-3-5-16(13)9-25-22-19-7-21(24-10-20(19)14(2)26-27-22)28-11-17-6-18(12-28)29-17/h3-5,7,10,17-18H,6,9,11-12H2,1-2H3,(H,25,27). The monoisotopic (exact) mass is 386 g/mol. The number of piperidine rings is 1. The van der Waals surface area contributed by atoms with Crippen molar-refractivity contribution < 1.29 is 4.74 Å². The van der Waals surface area contributed by atoms with Crippen LogP contribution in [0.3, 0.4) is 0 Å². The maximum Gasteiger partial charge on any atom is 0.157 e. The van der Waals surface area contributed by atoms with Gasteiger partial charge in [-0.15, -0.1) is 5.10 Å². The molecule has 3 saturated heterocycles. The molecule has 2 unspecified atom stereocenters. The number of hydrogen-bond donors (Lipinski definition) is 1. The largest absolute Gasteiger partial charge is 0.371 e. The summed E-state index contributed by atoms with van der Waals surface area (Å²) in [7, 11) is 0. The first kappa shape index (κ1) is 17.8. The van der Waals surface area contributed by atoms with E-state index in [1.165, 1.54) is 0 Å². The molecule has 0 radical (unpaired) electrons. The maximum atomic E-state index is 9.26. The van der Waals surface area contributed by atoms with E-state index in [0.29, 0.717) is 24.3 Å². The average Bonchev–Trinajstić information content (AvgIpc) is 2.73. The number of fused-ring (bicyclic) bond motifs is 3. The van der Waals surface area contributed by atoms with Crippen molar-refractivity contribution in [2.45, 2.75) is 39.0 Å². The quantitative estimate of drug-likeness (QED) is 0.737. The molecule has 1 aromatic carbocycles. The summed E-state index contributed by atoms with van der Waals surface area (Å²) in [6.45, 7) is 6.27. The van der Waals surface area contributed by atoms with Crippen molar-refractivity contribution in [3.63, 3.8) is 0 Å². The Morgan fingerprint density at radius 2 is 2.00 bits per heavy atom. The zero-order valence-electron chi connectivity index (χ0n) is 16.5. The Morgan fingerprint density at radius 1 is 1.21 bits per heavy atom. The number of benzene rings is 1. The van der Waals surface area contributed by atoms with Gasteiger partial charge in [-0.3, -0.25) is 0 Å². The molecule has 0 saturated carbocycles. The lowest BCUT2D eigenvalue weighted by Gasteiger charge is -2.47. The van der Waals surface area contributed by atoms with Crippen molar-refractivity contribution in [3.05, 3.63) is 52.8 Å². The number of rotatable bonds is 4. The topological polar surface area (TPSA) is 87.0 Å². The molecule has 146 valence electrons. The van der Waals surface area contributed by atoms with E-state index in [-0.39, 0.29) is 0 Å². The van der Waals surface area contributed by atoms with E-state index in [9.17, 15) is 5.26 Å². The zero-order valence-corrected chi connectivity index (χ0v) is 16.5. The predicted molar refractivity (Wildman–Crippen MR) is 111 cm³/mol. The summed E-state index contributed by atoms with van der Waals surface area (Å²) in [5.74, 6) is 1.68. The molecule has 7 heteroatoms. The summed E-state index contributed by atoms with van der Waals surface area (Å²) < 4.78 is 5.75. The van der Waals surface area contributed by atoms with Gasteiger partial charge in [-0.25, -0.2) is 4.98 Å². The second-order valence-electron chi connectivity index (χ2n) is 7.80. The second-order valence-corrected chi connectivity index (χ2v) is 7.80. The van der Waals surface area contributed by atoms with Crippen molar-refractivity contribution >= 4 is 22.4 Å². The first-order valence-electron chi connectivity index (χ1n) is 9.88. The predicted octanol–water partition coefficient (Wildman–Crippen LogP) is 3.10. The molecule has 0 amide bonds. The third-order valence-corrected chi connectivity index (χ3v) is 5.93. The van der Waals surface area contributed by atoms with Gasteiger partial charge in [0.2, 0.25) is 0 Å². The molecular weight excluding hydrogens is 364 g/mol. The van der Waals surface area contributed by atoms with Crippen LogP contribution in [0.2, 0.25) is 0 Å². The van der Waals surface area contributed by atoms with Gasteiger partial charge in [0.15, 0.2) is 5.82 Å². The number of anilines is 2. The molecule has 3 aliphatic heterocycles. The fourth-order valence-corrected chi connectivity index (χ4v) is 4.18. The van der Waals surface area contributed by atoms with Gasteiger partial charge in [0.25, 0.3) is 0 Å². The molecule has 2 atom stereocenters. The minimum absolute atomic E-state index is 0.330. The highest BCUT2D eigenvalue weighted by Gasteiger charge is 2.38. The van der Waals surface area contributed by atoms with Gasteiger partial charge in [0.05, 0.1) is 29.5 Å². The average molecular weight is 386 g/mol. The van der Waals surface area contributed by atoms with Gasteiger partial charge in [0, 0.05) is 43.0 Å². The Hall–Kier alpha value is -3.24. The second kappa shape index (κ2) is 6.98. The first-order valence-corrected chi connectivity index (χ1v) is 9.88. The van der Waals surface area contributed by atoms with Crippen LogP contribution in [0.15, 0.2) is 30.5 Å². The van der Waals surface area contributed by atoms with Gasteiger partial charge < -0.3 is 15.0 Å². The number of aromatic nitrogens is 3. The first-order chi connectivity index (χ1) is 14.1. The molecule has 5 heterocycles. The van der Waals surface area contributed by atoms with E-state index in [2.05, 4.69) is 37.5 Å². The van der Waals surface area contributed by atoms with Crippen molar-refractivity contribution in [1.82, 2.24) is 15.2 Å². The van der Waals surface area contributed by atoms with E-state index >= 15 is 0 Å². The number of nitriles is 1. The van der Waals surface area contributed by atoms with Crippen molar-refractivity contribution in [1.29, 1.82) is 5.26 Å². The Bertz CT molecular complexity index is 1120. The number of ether oxygens (including phenoxy) is 1. The normalized spacial score (nSPS) is 20.2. The molecule has 1 N–H and O–H groups in total. The summed E-state index contributed by atoms with van der Waals surface area (Å²) in [5, 5.41) is 23.4. The van der Waals surface area contributed by atoms with Crippen LogP contribution in [0.5, 0.6) is 0 Å². The number of pyridine rings is 1. The SMILES string of the molecule is Cc1c(C#N)cccc1CNc1nnc(C)c2cnc(N3CC4CC(C3)O4)cc12. The lowest BCUT2D eigenvalue weighted by Crippen LogP contribution is -2.57. The summed E-state index contributed by atoms with van der Waals surface area (Å²) in [6.07, 6.45) is 3.71. The number of aryl methyl sites for hydroxylation is 1. The van der Waals surface area contributed by atoms with E-state index in [1.807, 2.05) is 38.2 Å². The molecule has 3 fully saturated rings. The van der Waals surface area contributed by atoms with Crippen LogP contribution in [0.1, 0.15) is 28.8 Å². The van der Waals surface area contributed by atoms with Crippen molar-refractivity contribution in [3.8, 4) is 6.07 Å². The molecule has 3 aliphatic rings. The van der Waals surface area contributed by atoms with E-state index < -0.39 is 0 Å². The summed E-state index contributed by atoms with van der Waals surface area (Å²) in [4.78, 5) is 6.97. The number of nitrogens with zero attached hydrogens (tertiary/aromatic N) is 5. The summed E-state index contributed by atoms with van der Waals surface area (Å²) >= 11 is 0. The van der Waals surface area contributed by atoms with Crippen LogP contribution < -0.4 is 10.2 Å². The van der Waals surface area contributed by atoms with E-state index in [0.717, 1.165) is 58.7 Å². The van der Waals surface area contributed by atoms with Gasteiger partial charge in [-0.2, -0.15) is 10.4 Å². The Morgan fingerprint density at radius 3 is 2.76 bits per heavy atom. The third-order valence-electron chi connectivity index (χ3n) is 5.93. The fraction of sp³-hybridized carbons (Fsp3) is 0.364. The van der Waals surface area contributed by atoms with Crippen molar-refractivity contribution in [2.24, 2.45) is 0 Å². The Kier molecular flexibility index (Phi) is 4.29. The molecule has 6 rings (SSSR count). The minimum atomic E-state index is 0.330. The number of hydrogen-bond acceptors (Lipinski definition) is 7. The Balaban J connectivity index is 1.46. The number of nitrogens with one attached hydrogen (secondary N) is 1. The smallest absolute Gasteiger partial charge is 0.157 e. The van der Waals surface area contributed by atoms with Gasteiger partial charge in [0.1, 0.15) is 5.82 Å². The molecule has 7 nitrogen and oxygen atoms in total. The van der Waals surface area contributed by atoms with Crippen LogP contribution in [-0.4, -0.2) is 40.5 Å². The van der Waals surface area contributed by atoms with E-state index in [4.69, 9.17) is 4.74 Å². The van der Waals surface area contributed by atoms with Crippen LogP contribution in [0.4, 0.5) is 11.6 Å². The maximum absolute atomic E-state index is 9.26. The highest BCUT2D eigenvalue weighted by molar-refractivity contribution is 5.94. The molecule has 3 aromatic rings. The molecule has 0 aliphatic carbocycles. The van der Waals surface area contributed by atoms with Crippen molar-refractivity contribution in [2.75, 3.05) is 23.3 Å². The lowest BCUT2D eigenvalue weighted by molar-refractivity contribution is -0.133. The van der Waals surface area contributed by atoms with Crippen LogP contribution >= 0.6 is 0 Å². The van der Waals surface area contributed by atoms with Gasteiger partial charge in [-0.05, 0) is 37.1 Å². The zero-order chi connectivity index (χ0) is 20.0. The van der Waals surface area contributed by atoms with Crippen LogP contribution in [-0.2, 0) is 11.3 Å². The lowest BCUT2D eigenvalue weighted by atomic mass is 9.99. The molecular formula is C22H22N6O. The molecule has 0 spiro atoms. The van der Waals surface area contributed by atoms with E-state index in [1.54, 1.807) is 0 Å². The van der Waals surface area contributed by atoms with Crippen LogP contribution in [0, 0.1) is 25.2 Å². The fourth-order valence-electron chi connectivity index (χ4n) is 4.18. The van der Waals surface area contributed by atoms with Gasteiger partial charge in [-0.1, -0.05) is 12.1 Å².